The summed E-state index contributed by atoms with van der Waals surface area (Å²) in [5.41, 5.74) is 1.21. The second-order valence-corrected chi connectivity index (χ2v) is 8.47. The van der Waals surface area contributed by atoms with Crippen LogP contribution in [0.5, 0.6) is 0 Å². The van der Waals surface area contributed by atoms with Crippen molar-refractivity contribution in [3.05, 3.63) is 46.5 Å². The predicted molar refractivity (Wildman–Crippen MR) is 98.2 cm³/mol. The summed E-state index contributed by atoms with van der Waals surface area (Å²) in [6.45, 7) is 0. The number of rotatable bonds is 3. The number of nitrogens with one attached hydrogen (secondary N) is 1. The highest BCUT2D eigenvalue weighted by Gasteiger charge is 2.19. The number of esters is 1. The first-order valence-corrected chi connectivity index (χ1v) is 9.09. The maximum atomic E-state index is 12.2. The van der Waals surface area contributed by atoms with Gasteiger partial charge in [0.25, 0.3) is 5.91 Å². The molecule has 2 aromatic rings. The van der Waals surface area contributed by atoms with Crippen LogP contribution in [0.15, 0.2) is 32.5 Å². The van der Waals surface area contributed by atoms with Gasteiger partial charge in [-0.15, -0.1) is 11.3 Å². The number of anilines is 1. The zero-order chi connectivity index (χ0) is 15.6. The molecule has 21 heavy (non-hydrogen) atoms. The molecule has 0 bridgehead atoms. The van der Waals surface area contributed by atoms with Crippen LogP contribution in [-0.2, 0) is 4.74 Å². The van der Waals surface area contributed by atoms with Crippen molar-refractivity contribution in [1.82, 2.24) is 0 Å². The van der Waals surface area contributed by atoms with Gasteiger partial charge in [-0.3, -0.25) is 4.79 Å². The minimum Gasteiger partial charge on any atom is -0.465 e. The van der Waals surface area contributed by atoms with E-state index in [1.807, 2.05) is 0 Å². The van der Waals surface area contributed by atoms with E-state index in [1.165, 1.54) is 18.4 Å². The van der Waals surface area contributed by atoms with Crippen molar-refractivity contribution in [3.8, 4) is 0 Å². The second kappa shape index (κ2) is 7.21. The van der Waals surface area contributed by atoms with Crippen molar-refractivity contribution in [1.29, 1.82) is 0 Å². The summed E-state index contributed by atoms with van der Waals surface area (Å²) in [4.78, 5) is 24.1. The zero-order valence-corrected chi connectivity index (χ0v) is 16.7. The number of benzene rings is 1. The fourth-order valence-electron chi connectivity index (χ4n) is 1.59. The van der Waals surface area contributed by atoms with Crippen molar-refractivity contribution in [3.63, 3.8) is 0 Å². The van der Waals surface area contributed by atoms with E-state index >= 15 is 0 Å². The molecule has 0 saturated heterocycles. The van der Waals surface area contributed by atoms with Crippen LogP contribution in [0.2, 0.25) is 0 Å². The molecule has 0 saturated carbocycles. The van der Waals surface area contributed by atoms with Crippen molar-refractivity contribution >= 4 is 83.4 Å². The van der Waals surface area contributed by atoms with Crippen molar-refractivity contribution in [2.75, 3.05) is 12.4 Å². The van der Waals surface area contributed by atoms with Crippen LogP contribution in [0.4, 0.5) is 5.69 Å². The van der Waals surface area contributed by atoms with Gasteiger partial charge in [0.15, 0.2) is 0 Å². The molecular weight excluding hydrogens is 537 g/mol. The maximum Gasteiger partial charge on any atom is 0.340 e. The summed E-state index contributed by atoms with van der Waals surface area (Å²) in [7, 11) is 1.30. The van der Waals surface area contributed by atoms with Crippen LogP contribution < -0.4 is 5.32 Å². The summed E-state index contributed by atoms with van der Waals surface area (Å²) >= 11 is 10.3. The van der Waals surface area contributed by atoms with E-state index in [4.69, 9.17) is 4.74 Å². The molecule has 0 aliphatic carbocycles. The number of hydrogen-bond donors (Lipinski definition) is 1. The molecule has 1 N–H and O–H groups in total. The average molecular weight is 545 g/mol. The number of ether oxygens (including phenoxy) is 1. The molecule has 1 heterocycles. The standard InChI is InChI=1S/C13H8Br2INO3S/c1-20-13(19)8-3-7(14)4-9(15)11(8)17-12(18)6-2-10(16)21-5-6/h2-5H,1H3,(H,17,18). The highest BCUT2D eigenvalue weighted by molar-refractivity contribution is 14.1. The molecule has 1 amide bonds. The molecule has 0 aliphatic rings. The number of methoxy groups -OCH3 is 1. The number of halogens is 3. The fourth-order valence-corrected chi connectivity index (χ4v) is 4.24. The molecule has 1 aromatic carbocycles. The van der Waals surface area contributed by atoms with Crippen LogP contribution in [0, 0.1) is 2.88 Å². The average Bonchev–Trinajstić information content (AvgIpc) is 2.87. The summed E-state index contributed by atoms with van der Waals surface area (Å²) in [5, 5.41) is 4.51. The Kier molecular flexibility index (Phi) is 5.81. The van der Waals surface area contributed by atoms with Crippen LogP contribution in [0.25, 0.3) is 0 Å². The van der Waals surface area contributed by atoms with Crippen molar-refractivity contribution in [2.24, 2.45) is 0 Å². The molecule has 8 heteroatoms. The van der Waals surface area contributed by atoms with Gasteiger partial charge in [-0.1, -0.05) is 15.9 Å². The van der Waals surface area contributed by atoms with E-state index in [9.17, 15) is 9.59 Å². The lowest BCUT2D eigenvalue weighted by atomic mass is 10.1. The van der Waals surface area contributed by atoms with Gasteiger partial charge in [0.2, 0.25) is 0 Å². The molecule has 0 spiro atoms. The van der Waals surface area contributed by atoms with E-state index < -0.39 is 5.97 Å². The quantitative estimate of drug-likeness (QED) is 0.441. The topological polar surface area (TPSA) is 55.4 Å². The molecule has 0 aliphatic heterocycles. The van der Waals surface area contributed by atoms with Gasteiger partial charge < -0.3 is 10.1 Å². The molecule has 0 atom stereocenters. The molecule has 0 radical (unpaired) electrons. The Hall–Kier alpha value is -0.450. The van der Waals surface area contributed by atoms with Gasteiger partial charge >= 0.3 is 5.97 Å². The lowest BCUT2D eigenvalue weighted by Crippen LogP contribution is -2.15. The predicted octanol–water partition coefficient (Wildman–Crippen LogP) is 4.92. The Bertz CT molecular complexity index is 717. The number of hydrogen-bond acceptors (Lipinski definition) is 4. The molecule has 0 unspecified atom stereocenters. The largest absolute Gasteiger partial charge is 0.465 e. The minimum absolute atomic E-state index is 0.275. The third-order valence-corrected chi connectivity index (χ3v) is 5.40. The van der Waals surface area contributed by atoms with Crippen LogP contribution >= 0.6 is 65.8 Å². The number of carbonyl (C=O) groups excluding carboxylic acids is 2. The SMILES string of the molecule is COC(=O)c1cc(Br)cc(Br)c1NC(=O)c1csc(I)c1. The van der Waals surface area contributed by atoms with Crippen molar-refractivity contribution in [2.45, 2.75) is 0 Å². The molecular formula is C13H8Br2INO3S. The van der Waals surface area contributed by atoms with Gasteiger partial charge in [0.1, 0.15) is 0 Å². The van der Waals surface area contributed by atoms with E-state index in [-0.39, 0.29) is 11.5 Å². The Morgan fingerprint density at radius 2 is 2.00 bits per heavy atom. The fraction of sp³-hybridized carbons (Fsp3) is 0.0769. The van der Waals surface area contributed by atoms with Crippen LogP contribution in [-0.4, -0.2) is 19.0 Å². The van der Waals surface area contributed by atoms with Crippen LogP contribution in [0.1, 0.15) is 20.7 Å². The van der Waals surface area contributed by atoms with E-state index in [2.05, 4.69) is 59.8 Å². The molecule has 2 rings (SSSR count). The summed E-state index contributed by atoms with van der Waals surface area (Å²) in [6, 6.07) is 5.13. The number of amides is 1. The molecule has 1 aromatic heterocycles. The number of carbonyl (C=O) groups is 2. The van der Waals surface area contributed by atoms with Gasteiger partial charge in [0.05, 0.1) is 26.8 Å². The Labute approximate surface area is 155 Å². The summed E-state index contributed by atoms with van der Waals surface area (Å²) in [5.74, 6) is -0.797. The van der Waals surface area contributed by atoms with E-state index in [0.717, 1.165) is 2.88 Å². The highest BCUT2D eigenvalue weighted by atomic mass is 127. The molecule has 110 valence electrons. The van der Waals surface area contributed by atoms with Gasteiger partial charge in [0, 0.05) is 14.3 Å². The van der Waals surface area contributed by atoms with Gasteiger partial charge in [-0.05, 0) is 56.7 Å². The summed E-state index contributed by atoms with van der Waals surface area (Å²) < 4.78 is 7.06. The lowest BCUT2D eigenvalue weighted by Gasteiger charge is -2.12. The first-order chi connectivity index (χ1) is 9.92. The Morgan fingerprint density at radius 3 is 2.57 bits per heavy atom. The summed E-state index contributed by atoms with van der Waals surface area (Å²) in [6.07, 6.45) is 0. The zero-order valence-electron chi connectivity index (χ0n) is 10.6. The smallest absolute Gasteiger partial charge is 0.340 e. The van der Waals surface area contributed by atoms with E-state index in [1.54, 1.807) is 23.6 Å². The van der Waals surface area contributed by atoms with Crippen LogP contribution in [0.3, 0.4) is 0 Å². The van der Waals surface area contributed by atoms with Gasteiger partial charge in [-0.25, -0.2) is 4.79 Å². The first kappa shape index (κ1) is 16.9. The maximum absolute atomic E-state index is 12.2. The van der Waals surface area contributed by atoms with Gasteiger partial charge in [-0.2, -0.15) is 0 Å². The third kappa shape index (κ3) is 4.05. The Balaban J connectivity index is 2.39. The highest BCUT2D eigenvalue weighted by Crippen LogP contribution is 2.32. The Morgan fingerprint density at radius 1 is 1.29 bits per heavy atom. The van der Waals surface area contributed by atoms with E-state index in [0.29, 0.717) is 20.2 Å². The number of thiophene rings is 1. The molecule has 0 fully saturated rings. The first-order valence-electron chi connectivity index (χ1n) is 5.55. The lowest BCUT2D eigenvalue weighted by molar-refractivity contribution is 0.0602. The van der Waals surface area contributed by atoms with Crippen molar-refractivity contribution < 1.29 is 14.3 Å². The minimum atomic E-state index is -0.521. The second-order valence-electron chi connectivity index (χ2n) is 3.90. The normalized spacial score (nSPS) is 10.3. The third-order valence-electron chi connectivity index (χ3n) is 2.53. The molecule has 4 nitrogen and oxygen atoms in total. The monoisotopic (exact) mass is 543 g/mol.